The van der Waals surface area contributed by atoms with Gasteiger partial charge in [-0.1, -0.05) is 284 Å². The molecule has 0 spiro atoms. The lowest BCUT2D eigenvalue weighted by atomic mass is 10.0. The smallest absolute Gasteiger partial charge is 0.306 e. The maximum atomic E-state index is 13.2. The largest absolute Gasteiger partial charge is 0.462 e. The van der Waals surface area contributed by atoms with Crippen LogP contribution < -0.4 is 5.32 Å². The van der Waals surface area contributed by atoms with Crippen molar-refractivity contribution in [1.29, 1.82) is 0 Å². The van der Waals surface area contributed by atoms with Crippen LogP contribution in [-0.4, -0.2) is 46.9 Å². The molecule has 0 fully saturated rings. The van der Waals surface area contributed by atoms with Gasteiger partial charge in [0.2, 0.25) is 5.91 Å². The van der Waals surface area contributed by atoms with Crippen molar-refractivity contribution in [1.82, 2.24) is 5.32 Å². The minimum atomic E-state index is -0.779. The second kappa shape index (κ2) is 50.9. The van der Waals surface area contributed by atoms with Crippen LogP contribution >= 0.6 is 0 Å². The molecule has 6 heteroatoms. The first kappa shape index (κ1) is 60.9. The van der Waals surface area contributed by atoms with Crippen LogP contribution in [0, 0.1) is 0 Å². The third-order valence-corrected chi connectivity index (χ3v) is 13.4. The van der Waals surface area contributed by atoms with Crippen LogP contribution in [0.4, 0.5) is 0 Å². The molecule has 0 bridgehead atoms. The molecule has 0 saturated heterocycles. The lowest BCUT2D eigenvalue weighted by Crippen LogP contribution is -2.46. The minimum absolute atomic E-state index is 0.0874. The molecule has 0 rings (SSSR count). The zero-order valence-corrected chi connectivity index (χ0v) is 42.3. The maximum Gasteiger partial charge on any atom is 0.306 e. The van der Waals surface area contributed by atoms with Crippen LogP contribution in [0.5, 0.6) is 0 Å². The molecule has 0 heterocycles. The number of aliphatic hydroxyl groups excluding tert-OH is 2. The molecule has 0 saturated carbocycles. The fraction of sp³-hybridized carbons (Fsp3) is 0.964. The van der Waals surface area contributed by atoms with E-state index in [4.69, 9.17) is 4.74 Å². The van der Waals surface area contributed by atoms with E-state index >= 15 is 0 Å². The molecule has 0 aromatic rings. The lowest BCUT2D eigenvalue weighted by Gasteiger charge is -2.24. The molecule has 370 valence electrons. The van der Waals surface area contributed by atoms with E-state index in [1.54, 1.807) is 0 Å². The molecular formula is C56H111NO5. The van der Waals surface area contributed by atoms with E-state index < -0.39 is 18.2 Å². The number of ether oxygens (including phenoxy) is 1. The summed E-state index contributed by atoms with van der Waals surface area (Å²) < 4.78 is 5.94. The number of hydrogen-bond donors (Lipinski definition) is 3. The summed E-state index contributed by atoms with van der Waals surface area (Å²) in [5.74, 6) is -0.450. The van der Waals surface area contributed by atoms with Crippen LogP contribution in [0.1, 0.15) is 323 Å². The quantitative estimate of drug-likeness (QED) is 0.0418. The summed E-state index contributed by atoms with van der Waals surface area (Å²) in [5.41, 5.74) is 0. The molecular weight excluding hydrogens is 767 g/mol. The van der Waals surface area contributed by atoms with Crippen molar-refractivity contribution in [2.45, 2.75) is 341 Å². The van der Waals surface area contributed by atoms with Crippen LogP contribution in [0.2, 0.25) is 0 Å². The Morgan fingerprint density at radius 3 is 0.984 bits per heavy atom. The van der Waals surface area contributed by atoms with Crippen LogP contribution in [0.25, 0.3) is 0 Å². The highest BCUT2D eigenvalue weighted by Gasteiger charge is 2.24. The molecule has 3 atom stereocenters. The van der Waals surface area contributed by atoms with Gasteiger partial charge in [0, 0.05) is 6.42 Å². The van der Waals surface area contributed by atoms with Gasteiger partial charge >= 0.3 is 5.97 Å². The van der Waals surface area contributed by atoms with Gasteiger partial charge < -0.3 is 20.3 Å². The third-order valence-electron chi connectivity index (χ3n) is 13.4. The van der Waals surface area contributed by atoms with Crippen molar-refractivity contribution in [3.63, 3.8) is 0 Å². The minimum Gasteiger partial charge on any atom is -0.462 e. The Morgan fingerprint density at radius 2 is 0.677 bits per heavy atom. The van der Waals surface area contributed by atoms with Crippen LogP contribution in [0.3, 0.4) is 0 Å². The predicted molar refractivity (Wildman–Crippen MR) is 269 cm³/mol. The number of carbonyl (C=O) groups excluding carboxylic acids is 2. The van der Waals surface area contributed by atoms with E-state index in [-0.39, 0.29) is 24.9 Å². The second-order valence-electron chi connectivity index (χ2n) is 19.7. The van der Waals surface area contributed by atoms with E-state index in [1.807, 2.05) is 0 Å². The summed E-state index contributed by atoms with van der Waals surface area (Å²) in [6, 6.07) is -0.692. The molecule has 0 aliphatic rings. The molecule has 6 nitrogen and oxygen atoms in total. The van der Waals surface area contributed by atoms with Crippen molar-refractivity contribution in [3.05, 3.63) is 0 Å². The number of aliphatic hydroxyl groups is 2. The van der Waals surface area contributed by atoms with Gasteiger partial charge in [0.05, 0.1) is 25.2 Å². The summed E-state index contributed by atoms with van der Waals surface area (Å²) in [4.78, 5) is 26.1. The highest BCUT2D eigenvalue weighted by atomic mass is 16.5. The van der Waals surface area contributed by atoms with Gasteiger partial charge in [0.25, 0.3) is 0 Å². The first-order chi connectivity index (χ1) is 30.5. The maximum absolute atomic E-state index is 13.2. The number of amides is 1. The van der Waals surface area contributed by atoms with E-state index in [1.165, 1.54) is 238 Å². The summed E-state index contributed by atoms with van der Waals surface area (Å²) in [6.45, 7) is 6.52. The SMILES string of the molecule is CCCCCCCCCCCCCCCCCCCCCC(=O)OC(CCCCCCCCCCC)CC(=O)NC(CO)C(O)CCCCCCCCCCCCCCCCC. The van der Waals surface area contributed by atoms with Crippen molar-refractivity contribution in [2.75, 3.05) is 6.61 Å². The van der Waals surface area contributed by atoms with Gasteiger partial charge in [0.15, 0.2) is 0 Å². The average molecular weight is 879 g/mol. The van der Waals surface area contributed by atoms with Crippen molar-refractivity contribution < 1.29 is 24.5 Å². The van der Waals surface area contributed by atoms with Gasteiger partial charge in [-0.15, -0.1) is 0 Å². The molecule has 1 amide bonds. The van der Waals surface area contributed by atoms with E-state index in [0.29, 0.717) is 19.3 Å². The Kier molecular flexibility index (Phi) is 49.9. The molecule has 0 aromatic carbocycles. The van der Waals surface area contributed by atoms with Gasteiger partial charge in [0.1, 0.15) is 6.10 Å². The Labute approximate surface area is 387 Å². The van der Waals surface area contributed by atoms with E-state index in [0.717, 1.165) is 38.5 Å². The normalized spacial score (nSPS) is 13.0. The second-order valence-corrected chi connectivity index (χ2v) is 19.7. The van der Waals surface area contributed by atoms with E-state index in [9.17, 15) is 19.8 Å². The lowest BCUT2D eigenvalue weighted by molar-refractivity contribution is -0.151. The standard InChI is InChI=1S/C56H111NO5/c1-4-7-10-13-16-19-21-23-25-26-27-28-30-32-34-37-40-43-46-49-56(61)62-52(47-44-41-38-35-18-15-12-9-6-3)50-55(60)57-53(51-58)54(59)48-45-42-39-36-33-31-29-24-22-20-17-14-11-8-5-2/h52-54,58-59H,4-51H2,1-3H3,(H,57,60). The summed E-state index contributed by atoms with van der Waals surface area (Å²) >= 11 is 0. The topological polar surface area (TPSA) is 95.9 Å². The Bertz CT molecular complexity index is 898. The number of carbonyl (C=O) groups is 2. The molecule has 0 aliphatic carbocycles. The van der Waals surface area contributed by atoms with Crippen molar-refractivity contribution in [3.8, 4) is 0 Å². The van der Waals surface area contributed by atoms with Gasteiger partial charge in [-0.3, -0.25) is 9.59 Å². The van der Waals surface area contributed by atoms with Crippen molar-refractivity contribution >= 4 is 11.9 Å². The molecule has 3 unspecified atom stereocenters. The van der Waals surface area contributed by atoms with Crippen LogP contribution in [-0.2, 0) is 14.3 Å². The highest BCUT2D eigenvalue weighted by molar-refractivity contribution is 5.77. The number of unbranched alkanes of at least 4 members (excludes halogenated alkanes) is 40. The number of rotatable bonds is 52. The first-order valence-corrected chi connectivity index (χ1v) is 28.3. The average Bonchev–Trinajstić information content (AvgIpc) is 3.26. The fourth-order valence-electron chi connectivity index (χ4n) is 9.14. The van der Waals surface area contributed by atoms with Crippen molar-refractivity contribution in [2.24, 2.45) is 0 Å². The number of nitrogens with one attached hydrogen (secondary N) is 1. The van der Waals surface area contributed by atoms with E-state index in [2.05, 4.69) is 26.1 Å². The number of hydrogen-bond acceptors (Lipinski definition) is 5. The molecule has 0 aromatic heterocycles. The molecule has 0 aliphatic heterocycles. The Morgan fingerprint density at radius 1 is 0.403 bits per heavy atom. The molecule has 3 N–H and O–H groups in total. The third kappa shape index (κ3) is 45.4. The van der Waals surface area contributed by atoms with Gasteiger partial charge in [-0.25, -0.2) is 0 Å². The zero-order valence-electron chi connectivity index (χ0n) is 42.3. The summed E-state index contributed by atoms with van der Waals surface area (Å²) in [7, 11) is 0. The zero-order chi connectivity index (χ0) is 45.2. The molecule has 0 radical (unpaired) electrons. The van der Waals surface area contributed by atoms with Gasteiger partial charge in [-0.05, 0) is 25.7 Å². The Hall–Kier alpha value is -1.14. The monoisotopic (exact) mass is 878 g/mol. The highest BCUT2D eigenvalue weighted by Crippen LogP contribution is 2.19. The van der Waals surface area contributed by atoms with Gasteiger partial charge in [-0.2, -0.15) is 0 Å². The van der Waals surface area contributed by atoms with Crippen LogP contribution in [0.15, 0.2) is 0 Å². The first-order valence-electron chi connectivity index (χ1n) is 28.3. The fourth-order valence-corrected chi connectivity index (χ4v) is 9.14. The number of esters is 1. The summed E-state index contributed by atoms with van der Waals surface area (Å²) in [5, 5.41) is 23.8. The summed E-state index contributed by atoms with van der Waals surface area (Å²) in [6.07, 6.45) is 56.1. The predicted octanol–water partition coefficient (Wildman–Crippen LogP) is 17.1. The Balaban J connectivity index is 4.33. The molecule has 62 heavy (non-hydrogen) atoms.